The van der Waals surface area contributed by atoms with Crippen molar-refractivity contribution in [3.8, 4) is 6.07 Å². The van der Waals surface area contributed by atoms with Crippen molar-refractivity contribution in [3.05, 3.63) is 22.6 Å². The van der Waals surface area contributed by atoms with Gasteiger partial charge in [-0.2, -0.15) is 5.26 Å². The average Bonchev–Trinajstić information content (AvgIpc) is 2.60. The summed E-state index contributed by atoms with van der Waals surface area (Å²) < 4.78 is 23.5. The predicted octanol–water partition coefficient (Wildman–Crippen LogP) is 1.34. The number of nitriles is 1. The molecule has 1 aromatic heterocycles. The summed E-state index contributed by atoms with van der Waals surface area (Å²) in [6.07, 6.45) is 1.34. The van der Waals surface area contributed by atoms with Gasteiger partial charge < -0.3 is 4.90 Å². The monoisotopic (exact) mass is 226 g/mol. The summed E-state index contributed by atoms with van der Waals surface area (Å²) in [5.41, 5.74) is 0. The molecule has 72 valence electrons. The van der Waals surface area contributed by atoms with Gasteiger partial charge in [-0.1, -0.05) is 0 Å². The maximum Gasteiger partial charge on any atom is 0.221 e. The van der Waals surface area contributed by atoms with Gasteiger partial charge in [-0.3, -0.25) is 0 Å². The second kappa shape index (κ2) is 2.83. The number of fused-ring (bicyclic) bond motifs is 1. The van der Waals surface area contributed by atoms with E-state index in [2.05, 4.69) is 0 Å². The molecule has 0 spiro atoms. The maximum absolute atomic E-state index is 11.7. The lowest BCUT2D eigenvalue weighted by atomic mass is 10.5. The molecule has 0 amide bonds. The van der Waals surface area contributed by atoms with Gasteiger partial charge in [-0.05, 0) is 11.4 Å². The van der Waals surface area contributed by atoms with Crippen molar-refractivity contribution in [2.75, 3.05) is 11.9 Å². The molecule has 2 heterocycles. The van der Waals surface area contributed by atoms with Crippen LogP contribution in [0.1, 0.15) is 0 Å². The van der Waals surface area contributed by atoms with Crippen LogP contribution in [0.15, 0.2) is 27.4 Å². The summed E-state index contributed by atoms with van der Waals surface area (Å²) in [5.74, 6) is 0. The van der Waals surface area contributed by atoms with Crippen molar-refractivity contribution in [2.24, 2.45) is 0 Å². The highest BCUT2D eigenvalue weighted by Gasteiger charge is 2.30. The van der Waals surface area contributed by atoms with Crippen LogP contribution in [0.3, 0.4) is 0 Å². The van der Waals surface area contributed by atoms with Crippen LogP contribution in [0.2, 0.25) is 0 Å². The Labute approximate surface area is 85.6 Å². The number of hydrogen-bond donors (Lipinski definition) is 0. The lowest BCUT2D eigenvalue weighted by molar-refractivity contribution is 0.602. The molecule has 6 heteroatoms. The molecule has 0 saturated heterocycles. The minimum atomic E-state index is -3.55. The van der Waals surface area contributed by atoms with E-state index in [1.54, 1.807) is 23.4 Å². The number of nitrogens with zero attached hydrogens (tertiary/aromatic N) is 2. The molecule has 0 N–H and O–H groups in total. The van der Waals surface area contributed by atoms with Gasteiger partial charge in [0.1, 0.15) is 16.0 Å². The summed E-state index contributed by atoms with van der Waals surface area (Å²) in [6, 6.07) is 3.22. The first kappa shape index (κ1) is 9.24. The van der Waals surface area contributed by atoms with Crippen LogP contribution >= 0.6 is 11.3 Å². The summed E-state index contributed by atoms with van der Waals surface area (Å²) in [4.78, 5) is 1.68. The lowest BCUT2D eigenvalue weighted by Crippen LogP contribution is -2.19. The summed E-state index contributed by atoms with van der Waals surface area (Å²) >= 11 is 1.34. The van der Waals surface area contributed by atoms with E-state index in [0.29, 0.717) is 5.00 Å². The highest BCUT2D eigenvalue weighted by molar-refractivity contribution is 7.96. The van der Waals surface area contributed by atoms with Gasteiger partial charge in [0, 0.05) is 13.2 Å². The first-order valence-corrected chi connectivity index (χ1v) is 6.11. The van der Waals surface area contributed by atoms with Gasteiger partial charge in [0.05, 0.1) is 0 Å². The molecule has 14 heavy (non-hydrogen) atoms. The average molecular weight is 226 g/mol. The molecule has 2 rings (SSSR count). The van der Waals surface area contributed by atoms with E-state index in [1.807, 2.05) is 0 Å². The first-order chi connectivity index (χ1) is 6.57. The Balaban J connectivity index is 2.77. The fourth-order valence-corrected chi connectivity index (χ4v) is 3.83. The van der Waals surface area contributed by atoms with Crippen LogP contribution in [0, 0.1) is 11.3 Å². The Morgan fingerprint density at radius 1 is 1.57 bits per heavy atom. The van der Waals surface area contributed by atoms with Crippen molar-refractivity contribution >= 4 is 26.2 Å². The Kier molecular flexibility index (Phi) is 1.87. The second-order valence-corrected chi connectivity index (χ2v) is 5.59. The molecule has 4 nitrogen and oxygen atoms in total. The fourth-order valence-electron chi connectivity index (χ4n) is 1.26. The van der Waals surface area contributed by atoms with Gasteiger partial charge in [-0.15, -0.1) is 11.3 Å². The minimum Gasteiger partial charge on any atom is -0.340 e. The van der Waals surface area contributed by atoms with Gasteiger partial charge in [0.2, 0.25) is 9.84 Å². The van der Waals surface area contributed by atoms with Crippen molar-refractivity contribution in [1.82, 2.24) is 0 Å². The third-order valence-electron chi connectivity index (χ3n) is 1.93. The number of hydrogen-bond acceptors (Lipinski definition) is 5. The zero-order chi connectivity index (χ0) is 10.3. The van der Waals surface area contributed by atoms with Gasteiger partial charge in [0.25, 0.3) is 0 Å². The molecular weight excluding hydrogens is 220 g/mol. The molecule has 0 aromatic carbocycles. The van der Waals surface area contributed by atoms with E-state index >= 15 is 0 Å². The standard InChI is InChI=1S/C8H6N2O2S2/c1-10-5-6(4-9)14(11,12)7-2-3-13-8(7)10/h2-3,5H,1H3. The van der Waals surface area contributed by atoms with Crippen molar-refractivity contribution < 1.29 is 8.42 Å². The third kappa shape index (κ3) is 1.06. The van der Waals surface area contributed by atoms with Gasteiger partial charge in [0.15, 0.2) is 4.91 Å². The lowest BCUT2D eigenvalue weighted by Gasteiger charge is -2.19. The van der Waals surface area contributed by atoms with E-state index < -0.39 is 9.84 Å². The van der Waals surface area contributed by atoms with E-state index in [4.69, 9.17) is 5.26 Å². The molecule has 0 saturated carbocycles. The molecular formula is C8H6N2O2S2. The quantitative estimate of drug-likeness (QED) is 0.669. The van der Waals surface area contributed by atoms with Crippen LogP contribution in [-0.4, -0.2) is 15.5 Å². The van der Waals surface area contributed by atoms with E-state index in [9.17, 15) is 8.42 Å². The van der Waals surface area contributed by atoms with Crippen molar-refractivity contribution in [3.63, 3.8) is 0 Å². The Hall–Kier alpha value is -1.32. The molecule has 1 aliphatic heterocycles. The number of thiophene rings is 1. The van der Waals surface area contributed by atoms with E-state index in [-0.39, 0.29) is 9.80 Å². The number of sulfone groups is 1. The summed E-state index contributed by atoms with van der Waals surface area (Å²) in [5, 5.41) is 11.0. The zero-order valence-electron chi connectivity index (χ0n) is 7.26. The number of allylic oxidation sites excluding steroid dienone is 1. The SMILES string of the molecule is CN1C=C(C#N)S(=O)(=O)c2ccsc21. The Bertz CT molecular complexity index is 548. The molecule has 1 aromatic rings. The van der Waals surface area contributed by atoms with Crippen LogP contribution in [0.25, 0.3) is 0 Å². The zero-order valence-corrected chi connectivity index (χ0v) is 8.89. The fraction of sp³-hybridized carbons (Fsp3) is 0.125. The summed E-state index contributed by atoms with van der Waals surface area (Å²) in [7, 11) is -1.83. The number of anilines is 1. The molecule has 0 bridgehead atoms. The van der Waals surface area contributed by atoms with Gasteiger partial charge in [-0.25, -0.2) is 8.42 Å². The van der Waals surface area contributed by atoms with Crippen LogP contribution in [0.5, 0.6) is 0 Å². The third-order valence-corrected chi connectivity index (χ3v) is 4.75. The topological polar surface area (TPSA) is 61.2 Å². The Morgan fingerprint density at radius 3 is 2.93 bits per heavy atom. The minimum absolute atomic E-state index is 0.203. The largest absolute Gasteiger partial charge is 0.340 e. The maximum atomic E-state index is 11.7. The summed E-state index contributed by atoms with van der Waals surface area (Å²) in [6.45, 7) is 0. The Morgan fingerprint density at radius 2 is 2.29 bits per heavy atom. The highest BCUT2D eigenvalue weighted by Crippen LogP contribution is 2.37. The van der Waals surface area contributed by atoms with Crippen molar-refractivity contribution in [1.29, 1.82) is 5.26 Å². The molecule has 0 radical (unpaired) electrons. The van der Waals surface area contributed by atoms with Crippen LogP contribution in [0.4, 0.5) is 5.00 Å². The van der Waals surface area contributed by atoms with Crippen molar-refractivity contribution in [2.45, 2.75) is 4.90 Å². The molecule has 0 aliphatic carbocycles. The van der Waals surface area contributed by atoms with Crippen LogP contribution < -0.4 is 4.90 Å². The van der Waals surface area contributed by atoms with E-state index in [1.165, 1.54) is 23.6 Å². The van der Waals surface area contributed by atoms with Crippen LogP contribution in [-0.2, 0) is 9.84 Å². The number of rotatable bonds is 0. The van der Waals surface area contributed by atoms with E-state index in [0.717, 1.165) is 0 Å². The smallest absolute Gasteiger partial charge is 0.221 e. The molecule has 1 aliphatic rings. The normalized spacial score (nSPS) is 18.3. The molecule has 0 fully saturated rings. The first-order valence-electron chi connectivity index (χ1n) is 3.74. The second-order valence-electron chi connectivity index (χ2n) is 2.81. The molecule has 0 atom stereocenters. The highest BCUT2D eigenvalue weighted by atomic mass is 32.2. The van der Waals surface area contributed by atoms with Gasteiger partial charge >= 0.3 is 0 Å². The molecule has 0 unspecified atom stereocenters. The predicted molar refractivity (Wildman–Crippen MR) is 53.6 cm³/mol.